The van der Waals surface area contributed by atoms with Crippen molar-refractivity contribution in [2.75, 3.05) is 4.90 Å². The van der Waals surface area contributed by atoms with Crippen molar-refractivity contribution in [1.82, 2.24) is 0 Å². The van der Waals surface area contributed by atoms with E-state index in [1.807, 2.05) is 78.0 Å². The van der Waals surface area contributed by atoms with Crippen LogP contribution in [0.3, 0.4) is 0 Å². The van der Waals surface area contributed by atoms with Crippen LogP contribution in [0.2, 0.25) is 0 Å². The number of esters is 1. The summed E-state index contributed by atoms with van der Waals surface area (Å²) in [7, 11) is 0. The van der Waals surface area contributed by atoms with Crippen LogP contribution in [0.5, 0.6) is 0 Å². The number of fused-ring (bicyclic) bond motifs is 1. The molecule has 0 aliphatic heterocycles. The van der Waals surface area contributed by atoms with Gasteiger partial charge in [0.1, 0.15) is 0 Å². The number of halogens is 1. The summed E-state index contributed by atoms with van der Waals surface area (Å²) in [5.74, 6) is -0.314. The first-order valence-corrected chi connectivity index (χ1v) is 10.5. The maximum Gasteiger partial charge on any atom is 0.307 e. The van der Waals surface area contributed by atoms with E-state index in [-0.39, 0.29) is 37.4 Å². The summed E-state index contributed by atoms with van der Waals surface area (Å²) in [5, 5.41) is 2.24. The molecule has 0 spiro atoms. The monoisotopic (exact) mass is 460 g/mol. The average molecular weight is 461 g/mol. The second kappa shape index (κ2) is 11.2. The molecule has 4 rings (SSSR count). The molecule has 33 heavy (non-hydrogen) atoms. The van der Waals surface area contributed by atoms with Crippen molar-refractivity contribution in [2.24, 2.45) is 0 Å². The van der Waals surface area contributed by atoms with Crippen LogP contribution < -0.4 is 21.9 Å². The first-order chi connectivity index (χ1) is 15.6. The third-order valence-corrected chi connectivity index (χ3v) is 5.26. The zero-order valence-corrected chi connectivity index (χ0v) is 19.1. The van der Waals surface area contributed by atoms with E-state index in [9.17, 15) is 9.59 Å². The number of benzene rings is 3. The molecule has 0 radical (unpaired) electrons. The van der Waals surface area contributed by atoms with Gasteiger partial charge in [-0.2, -0.15) is 4.57 Å². The van der Waals surface area contributed by atoms with E-state index in [0.29, 0.717) is 6.54 Å². The molecule has 0 saturated heterocycles. The number of carbonyl (C=O) groups is 2. The summed E-state index contributed by atoms with van der Waals surface area (Å²) in [6.07, 6.45) is 3.89. The number of aromatic nitrogens is 1. The van der Waals surface area contributed by atoms with Crippen LogP contribution in [-0.4, -0.2) is 11.9 Å². The fourth-order valence-corrected chi connectivity index (χ4v) is 3.56. The first-order valence-electron chi connectivity index (χ1n) is 10.5. The number of hydrogen-bond acceptors (Lipinski definition) is 3. The predicted molar refractivity (Wildman–Crippen MR) is 124 cm³/mol. The molecule has 0 N–H and O–H groups in total. The maximum absolute atomic E-state index is 13.4. The summed E-state index contributed by atoms with van der Waals surface area (Å²) in [4.78, 5) is 26.2. The molecular weight excluding hydrogens is 436 g/mol. The normalized spacial score (nSPS) is 10.3. The number of ether oxygens (including phenoxy) is 1. The molecular formula is C27H25ClN2O3. The van der Waals surface area contributed by atoms with Crippen LogP contribution in [0.15, 0.2) is 97.3 Å². The van der Waals surface area contributed by atoms with Gasteiger partial charge in [0.15, 0.2) is 12.4 Å². The SMILES string of the molecule is CC(=O)OC[n+]1ccc(CC(=O)N(Cc2ccccc2)c2ccc3ccccc3c2)cc1.[Cl-]. The zero-order chi connectivity index (χ0) is 22.3. The van der Waals surface area contributed by atoms with Gasteiger partial charge in [0.25, 0.3) is 6.73 Å². The van der Waals surface area contributed by atoms with Crippen molar-refractivity contribution < 1.29 is 31.3 Å². The van der Waals surface area contributed by atoms with E-state index in [0.717, 1.165) is 27.6 Å². The Morgan fingerprint density at radius 1 is 0.818 bits per heavy atom. The molecule has 3 aromatic carbocycles. The summed E-state index contributed by atoms with van der Waals surface area (Å²) in [6, 6.07) is 28.0. The highest BCUT2D eigenvalue weighted by Crippen LogP contribution is 2.24. The van der Waals surface area contributed by atoms with Gasteiger partial charge in [0.2, 0.25) is 5.91 Å². The molecule has 1 heterocycles. The maximum atomic E-state index is 13.4. The van der Waals surface area contributed by atoms with Crippen molar-refractivity contribution in [3.05, 3.63) is 108 Å². The highest BCUT2D eigenvalue weighted by molar-refractivity contribution is 5.97. The predicted octanol–water partition coefficient (Wildman–Crippen LogP) is 1.43. The van der Waals surface area contributed by atoms with Gasteiger partial charge in [-0.05, 0) is 34.0 Å². The van der Waals surface area contributed by atoms with Gasteiger partial charge in [-0.15, -0.1) is 0 Å². The molecule has 0 aliphatic carbocycles. The Morgan fingerprint density at radius 3 is 2.18 bits per heavy atom. The lowest BCUT2D eigenvalue weighted by Gasteiger charge is -2.24. The van der Waals surface area contributed by atoms with Crippen LogP contribution in [0.4, 0.5) is 5.69 Å². The number of rotatable bonds is 7. The average Bonchev–Trinajstić information content (AvgIpc) is 2.82. The minimum Gasteiger partial charge on any atom is -1.00 e. The van der Waals surface area contributed by atoms with Gasteiger partial charge in [-0.25, -0.2) is 0 Å². The van der Waals surface area contributed by atoms with Gasteiger partial charge in [-0.1, -0.05) is 60.7 Å². The number of pyridine rings is 1. The van der Waals surface area contributed by atoms with Gasteiger partial charge < -0.3 is 22.0 Å². The van der Waals surface area contributed by atoms with E-state index in [1.54, 1.807) is 4.57 Å². The Hall–Kier alpha value is -3.70. The molecule has 6 heteroatoms. The van der Waals surface area contributed by atoms with Crippen molar-refractivity contribution in [3.63, 3.8) is 0 Å². The van der Waals surface area contributed by atoms with Crippen LogP contribution in [-0.2, 0) is 34.0 Å². The molecule has 0 bridgehead atoms. The largest absolute Gasteiger partial charge is 1.00 e. The van der Waals surface area contributed by atoms with E-state index >= 15 is 0 Å². The van der Waals surface area contributed by atoms with E-state index in [2.05, 4.69) is 24.3 Å². The van der Waals surface area contributed by atoms with Gasteiger partial charge in [0.05, 0.1) is 13.0 Å². The number of amides is 1. The Kier molecular flexibility index (Phi) is 8.17. The molecule has 0 atom stereocenters. The van der Waals surface area contributed by atoms with Crippen LogP contribution in [0.25, 0.3) is 10.8 Å². The number of hydrogen-bond donors (Lipinski definition) is 0. The first kappa shape index (κ1) is 24.0. The van der Waals surface area contributed by atoms with Crippen molar-refractivity contribution in [3.8, 4) is 0 Å². The lowest BCUT2D eigenvalue weighted by molar-refractivity contribution is -0.727. The number of nitrogens with zero attached hydrogens (tertiary/aromatic N) is 2. The Morgan fingerprint density at radius 2 is 1.48 bits per heavy atom. The second-order valence-electron chi connectivity index (χ2n) is 7.66. The zero-order valence-electron chi connectivity index (χ0n) is 18.4. The summed E-state index contributed by atoms with van der Waals surface area (Å²) >= 11 is 0. The lowest BCUT2D eigenvalue weighted by Crippen LogP contribution is -3.00. The molecule has 0 saturated carbocycles. The molecule has 5 nitrogen and oxygen atoms in total. The number of carbonyl (C=O) groups excluding carboxylic acids is 2. The minimum absolute atomic E-state index is 0. The summed E-state index contributed by atoms with van der Waals surface area (Å²) in [5.41, 5.74) is 2.84. The van der Waals surface area contributed by atoms with Crippen molar-refractivity contribution >= 4 is 28.3 Å². The van der Waals surface area contributed by atoms with Crippen LogP contribution in [0.1, 0.15) is 18.1 Å². The molecule has 0 aliphatic rings. The van der Waals surface area contributed by atoms with E-state index in [4.69, 9.17) is 4.74 Å². The second-order valence-corrected chi connectivity index (χ2v) is 7.66. The third-order valence-electron chi connectivity index (χ3n) is 5.26. The van der Waals surface area contributed by atoms with E-state index in [1.165, 1.54) is 6.92 Å². The summed E-state index contributed by atoms with van der Waals surface area (Å²) < 4.78 is 6.75. The Labute approximate surface area is 199 Å². The molecule has 1 aromatic heterocycles. The third kappa shape index (κ3) is 6.40. The smallest absolute Gasteiger partial charge is 0.307 e. The van der Waals surface area contributed by atoms with E-state index < -0.39 is 0 Å². The number of anilines is 1. The molecule has 4 aromatic rings. The topological polar surface area (TPSA) is 50.5 Å². The minimum atomic E-state index is -0.330. The van der Waals surface area contributed by atoms with Gasteiger partial charge >= 0.3 is 5.97 Å². The fourth-order valence-electron chi connectivity index (χ4n) is 3.56. The molecule has 0 unspecified atom stereocenters. The highest BCUT2D eigenvalue weighted by Gasteiger charge is 2.18. The van der Waals surface area contributed by atoms with Crippen LogP contribution in [0, 0.1) is 0 Å². The molecule has 168 valence electrons. The fraction of sp³-hybridized carbons (Fsp3) is 0.148. The Bertz CT molecular complexity index is 1230. The molecule has 0 fully saturated rings. The standard InChI is InChI=1S/C27H25N2O3.ClH/c1-21(30)32-20-28-15-13-22(14-16-28)17-27(31)29(19-23-7-3-2-4-8-23)26-12-11-24-9-5-6-10-25(24)18-26;/h2-16,18H,17,19-20H2,1H3;1H/q+1;/p-1. The highest BCUT2D eigenvalue weighted by atomic mass is 35.5. The summed E-state index contributed by atoms with van der Waals surface area (Å²) in [6.45, 7) is 2.03. The van der Waals surface area contributed by atoms with Gasteiger partial charge in [-0.3, -0.25) is 9.59 Å². The van der Waals surface area contributed by atoms with Gasteiger partial charge in [0, 0.05) is 24.7 Å². The van der Waals surface area contributed by atoms with Crippen LogP contribution >= 0.6 is 0 Å². The van der Waals surface area contributed by atoms with Crippen molar-refractivity contribution in [1.29, 1.82) is 0 Å². The Balaban J connectivity index is 0.00000306. The van der Waals surface area contributed by atoms with Crippen molar-refractivity contribution in [2.45, 2.75) is 26.6 Å². The quantitative estimate of drug-likeness (QED) is 0.310. The molecule has 1 amide bonds. The lowest BCUT2D eigenvalue weighted by atomic mass is 10.1.